The molecular formula is C24H21N3O2S. The molecular weight excluding hydrogens is 394 g/mol. The van der Waals surface area contributed by atoms with Crippen LogP contribution in [0.1, 0.15) is 11.1 Å². The minimum atomic E-state index is -0.264. The molecule has 2 amide bonds. The van der Waals surface area contributed by atoms with Crippen LogP contribution in [0.25, 0.3) is 20.8 Å². The number of amides is 2. The summed E-state index contributed by atoms with van der Waals surface area (Å²) in [5, 5.41) is 6.40. The van der Waals surface area contributed by atoms with Crippen LogP contribution in [0.3, 0.4) is 0 Å². The maximum Gasteiger partial charge on any atom is 0.243 e. The van der Waals surface area contributed by atoms with Crippen LogP contribution in [0.2, 0.25) is 0 Å². The first-order valence-corrected chi connectivity index (χ1v) is 10.5. The van der Waals surface area contributed by atoms with Crippen molar-refractivity contribution in [2.75, 3.05) is 11.9 Å². The van der Waals surface area contributed by atoms with Gasteiger partial charge >= 0.3 is 0 Å². The first-order chi connectivity index (χ1) is 14.6. The van der Waals surface area contributed by atoms with Crippen molar-refractivity contribution in [1.29, 1.82) is 0 Å². The lowest BCUT2D eigenvalue weighted by molar-refractivity contribution is -0.123. The van der Waals surface area contributed by atoms with Crippen molar-refractivity contribution >= 4 is 39.1 Å². The van der Waals surface area contributed by atoms with Crippen LogP contribution < -0.4 is 10.6 Å². The van der Waals surface area contributed by atoms with E-state index in [0.29, 0.717) is 5.69 Å². The van der Waals surface area contributed by atoms with Crippen molar-refractivity contribution in [1.82, 2.24) is 10.3 Å². The summed E-state index contributed by atoms with van der Waals surface area (Å²) in [5.74, 6) is -0.447. The number of aromatic nitrogens is 1. The molecule has 2 N–H and O–H groups in total. The minimum Gasteiger partial charge on any atom is -0.347 e. The first-order valence-electron chi connectivity index (χ1n) is 9.65. The third-order valence-electron chi connectivity index (χ3n) is 4.61. The number of nitrogens with zero attached hydrogens (tertiary/aromatic N) is 1. The zero-order valence-corrected chi connectivity index (χ0v) is 17.3. The van der Waals surface area contributed by atoms with Gasteiger partial charge in [0.25, 0.3) is 0 Å². The zero-order chi connectivity index (χ0) is 20.9. The number of carbonyl (C=O) groups is 2. The number of rotatable bonds is 6. The molecule has 150 valence electrons. The molecule has 0 aliphatic rings. The molecule has 0 saturated heterocycles. The van der Waals surface area contributed by atoms with Crippen molar-refractivity contribution in [3.05, 3.63) is 83.9 Å². The molecule has 0 aliphatic carbocycles. The summed E-state index contributed by atoms with van der Waals surface area (Å²) >= 11 is 1.65. The van der Waals surface area contributed by atoms with Gasteiger partial charge in [0.05, 0.1) is 23.2 Å². The monoisotopic (exact) mass is 415 g/mol. The third kappa shape index (κ3) is 4.90. The summed E-state index contributed by atoms with van der Waals surface area (Å²) < 4.78 is 1.16. The SMILES string of the molecule is Cc1ccc2nc(-c3ccc(NC(=O)CNC(=O)Cc4ccccc4)cc3)sc2c1. The lowest BCUT2D eigenvalue weighted by Gasteiger charge is -2.07. The number of fused-ring (bicyclic) bond motifs is 1. The van der Waals surface area contributed by atoms with Crippen molar-refractivity contribution in [2.45, 2.75) is 13.3 Å². The van der Waals surface area contributed by atoms with Crippen molar-refractivity contribution in [3.63, 3.8) is 0 Å². The molecule has 0 unspecified atom stereocenters. The summed E-state index contributed by atoms with van der Waals surface area (Å²) in [6, 6.07) is 23.2. The molecule has 6 heteroatoms. The Morgan fingerprint density at radius 2 is 1.70 bits per heavy atom. The second-order valence-corrected chi connectivity index (χ2v) is 8.09. The van der Waals surface area contributed by atoms with Crippen LogP contribution in [0.5, 0.6) is 0 Å². The summed E-state index contributed by atoms with van der Waals surface area (Å²) in [6.45, 7) is 2.01. The van der Waals surface area contributed by atoms with Gasteiger partial charge in [-0.1, -0.05) is 36.4 Å². The number of nitrogens with one attached hydrogen (secondary N) is 2. The number of aryl methyl sites for hydroxylation is 1. The number of thiazole rings is 1. The highest BCUT2D eigenvalue weighted by atomic mass is 32.1. The molecule has 0 saturated carbocycles. The van der Waals surface area contributed by atoms with Crippen molar-refractivity contribution in [2.24, 2.45) is 0 Å². The first kappa shape index (κ1) is 19.8. The standard InChI is InChI=1S/C24H21N3O2S/c1-16-7-12-20-21(13-16)30-24(27-20)18-8-10-19(11-9-18)26-23(29)15-25-22(28)14-17-5-3-2-4-6-17/h2-13H,14-15H2,1H3,(H,25,28)(H,26,29). The van der Waals surface area contributed by atoms with Gasteiger partial charge in [-0.25, -0.2) is 4.98 Å². The van der Waals surface area contributed by atoms with E-state index in [1.54, 1.807) is 11.3 Å². The van der Waals surface area contributed by atoms with Crippen molar-refractivity contribution in [3.8, 4) is 10.6 Å². The van der Waals surface area contributed by atoms with Gasteiger partial charge in [-0.3, -0.25) is 9.59 Å². The highest BCUT2D eigenvalue weighted by Gasteiger charge is 2.09. The molecule has 5 nitrogen and oxygen atoms in total. The fourth-order valence-corrected chi connectivity index (χ4v) is 4.15. The normalized spacial score (nSPS) is 10.7. The average Bonchev–Trinajstić information content (AvgIpc) is 3.17. The Labute approximate surface area is 178 Å². The maximum absolute atomic E-state index is 12.1. The summed E-state index contributed by atoms with van der Waals surface area (Å²) in [5.41, 5.74) is 4.80. The molecule has 1 heterocycles. The van der Waals surface area contributed by atoms with Gasteiger partial charge in [-0.2, -0.15) is 0 Å². The fourth-order valence-electron chi connectivity index (χ4n) is 3.08. The van der Waals surface area contributed by atoms with Crippen LogP contribution >= 0.6 is 11.3 Å². The van der Waals surface area contributed by atoms with Gasteiger partial charge in [0, 0.05) is 11.3 Å². The van der Waals surface area contributed by atoms with Gasteiger partial charge in [-0.15, -0.1) is 11.3 Å². The van der Waals surface area contributed by atoms with E-state index in [-0.39, 0.29) is 24.8 Å². The Morgan fingerprint density at radius 3 is 2.47 bits per heavy atom. The van der Waals surface area contributed by atoms with Crippen LogP contribution in [0.4, 0.5) is 5.69 Å². The van der Waals surface area contributed by atoms with Gasteiger partial charge < -0.3 is 10.6 Å². The van der Waals surface area contributed by atoms with E-state index in [0.717, 1.165) is 26.4 Å². The molecule has 0 fully saturated rings. The lowest BCUT2D eigenvalue weighted by atomic mass is 10.1. The minimum absolute atomic E-state index is 0.0648. The number of carbonyl (C=O) groups excluding carboxylic acids is 2. The quantitative estimate of drug-likeness (QED) is 0.485. The Bertz CT molecular complexity index is 1180. The van der Waals surface area contributed by atoms with Gasteiger partial charge in [0.2, 0.25) is 11.8 Å². The van der Waals surface area contributed by atoms with E-state index in [4.69, 9.17) is 0 Å². The number of hydrogen-bond donors (Lipinski definition) is 2. The molecule has 0 atom stereocenters. The molecule has 3 aromatic carbocycles. The Morgan fingerprint density at radius 1 is 0.933 bits per heavy atom. The molecule has 30 heavy (non-hydrogen) atoms. The van der Waals surface area contributed by atoms with Gasteiger partial charge in [-0.05, 0) is 54.4 Å². The average molecular weight is 416 g/mol. The molecule has 0 bridgehead atoms. The lowest BCUT2D eigenvalue weighted by Crippen LogP contribution is -2.33. The molecule has 0 spiro atoms. The van der Waals surface area contributed by atoms with E-state index in [2.05, 4.69) is 34.7 Å². The molecule has 0 radical (unpaired) electrons. The van der Waals surface area contributed by atoms with Crippen molar-refractivity contribution < 1.29 is 9.59 Å². The topological polar surface area (TPSA) is 71.1 Å². The molecule has 4 aromatic rings. The van der Waals surface area contributed by atoms with E-state index in [1.165, 1.54) is 5.56 Å². The van der Waals surface area contributed by atoms with E-state index < -0.39 is 0 Å². The zero-order valence-electron chi connectivity index (χ0n) is 16.5. The number of benzene rings is 3. The van der Waals surface area contributed by atoms with E-state index in [9.17, 15) is 9.59 Å². The Kier molecular flexibility index (Phi) is 5.86. The Hall–Kier alpha value is -3.51. The summed E-state index contributed by atoms with van der Waals surface area (Å²) in [6.07, 6.45) is 0.254. The van der Waals surface area contributed by atoms with Gasteiger partial charge in [0.15, 0.2) is 0 Å². The highest BCUT2D eigenvalue weighted by molar-refractivity contribution is 7.21. The second-order valence-electron chi connectivity index (χ2n) is 7.05. The smallest absolute Gasteiger partial charge is 0.243 e. The largest absolute Gasteiger partial charge is 0.347 e. The van der Waals surface area contributed by atoms with Crippen LogP contribution in [-0.2, 0) is 16.0 Å². The number of hydrogen-bond acceptors (Lipinski definition) is 4. The fraction of sp³-hybridized carbons (Fsp3) is 0.125. The van der Waals surface area contributed by atoms with Crippen LogP contribution in [0, 0.1) is 6.92 Å². The van der Waals surface area contributed by atoms with Crippen LogP contribution in [0.15, 0.2) is 72.8 Å². The molecule has 0 aliphatic heterocycles. The van der Waals surface area contributed by atoms with Gasteiger partial charge in [0.1, 0.15) is 5.01 Å². The summed E-state index contributed by atoms with van der Waals surface area (Å²) in [4.78, 5) is 28.8. The summed E-state index contributed by atoms with van der Waals surface area (Å²) in [7, 11) is 0. The Balaban J connectivity index is 1.32. The maximum atomic E-state index is 12.1. The second kappa shape index (κ2) is 8.88. The predicted molar refractivity (Wildman–Crippen MR) is 122 cm³/mol. The third-order valence-corrected chi connectivity index (χ3v) is 5.68. The molecule has 1 aromatic heterocycles. The van der Waals surface area contributed by atoms with E-state index >= 15 is 0 Å². The predicted octanol–water partition coefficient (Wildman–Crippen LogP) is 4.57. The van der Waals surface area contributed by atoms with E-state index in [1.807, 2.05) is 60.7 Å². The highest BCUT2D eigenvalue weighted by Crippen LogP contribution is 2.31. The number of anilines is 1. The van der Waals surface area contributed by atoms with Crippen LogP contribution in [-0.4, -0.2) is 23.3 Å². The molecule has 4 rings (SSSR count).